The normalized spacial score (nSPS) is 18.7. The number of nitro benzene ring substituents is 2. The van der Waals surface area contributed by atoms with Crippen molar-refractivity contribution in [3.63, 3.8) is 0 Å². The van der Waals surface area contributed by atoms with E-state index in [1.165, 1.54) is 34.9 Å². The summed E-state index contributed by atoms with van der Waals surface area (Å²) in [4.78, 5) is 61.5. The highest BCUT2D eigenvalue weighted by Crippen LogP contribution is 2.41. The highest BCUT2D eigenvalue weighted by Gasteiger charge is 2.54. The number of rotatable bonds is 8. The van der Waals surface area contributed by atoms with Crippen molar-refractivity contribution >= 4 is 47.0 Å². The molecule has 4 rings (SSSR count). The number of carbonyl (C=O) groups excluding carboxylic acids is 3. The maximum absolute atomic E-state index is 13.2. The van der Waals surface area contributed by atoms with E-state index in [0.717, 1.165) is 17.7 Å². The summed E-state index contributed by atoms with van der Waals surface area (Å²) < 4.78 is 5.56. The Bertz CT molecular complexity index is 1450. The number of hydrogen-bond donors (Lipinski definition) is 1. The second-order valence-electron chi connectivity index (χ2n) is 10.1. The van der Waals surface area contributed by atoms with E-state index in [1.54, 1.807) is 32.9 Å². The maximum Gasteiger partial charge on any atom is 0.355 e. The van der Waals surface area contributed by atoms with Gasteiger partial charge in [-0.05, 0) is 44.1 Å². The van der Waals surface area contributed by atoms with E-state index in [0.29, 0.717) is 5.57 Å². The summed E-state index contributed by atoms with van der Waals surface area (Å²) in [5.41, 5.74) is -0.536. The van der Waals surface area contributed by atoms with Crippen molar-refractivity contribution < 1.29 is 29.0 Å². The standard InChI is InChI=1S/C27H26N4O8S/c1-27(2,3)39-26(34)23-18(10-9-17-11-12-19(30(35)36)14-20(17)31(37)38)15-40-25-22(24(33)29(23)25)28-21(32)13-16-7-5-4-6-8-16/h4-12,14,22,25H,13,15H2,1-3H3,(H,28,32)/b10-9-/t22-,25-/m1/s1. The van der Waals surface area contributed by atoms with Gasteiger partial charge in [-0.25, -0.2) is 4.79 Å². The Hall–Kier alpha value is -4.52. The monoisotopic (exact) mass is 566 g/mol. The van der Waals surface area contributed by atoms with Gasteiger partial charge in [-0.15, -0.1) is 11.8 Å². The van der Waals surface area contributed by atoms with Crippen LogP contribution in [-0.4, -0.2) is 55.3 Å². The molecule has 0 spiro atoms. The molecule has 2 amide bonds. The van der Waals surface area contributed by atoms with Crippen molar-refractivity contribution in [2.24, 2.45) is 0 Å². The molecule has 2 aliphatic rings. The predicted molar refractivity (Wildman–Crippen MR) is 147 cm³/mol. The van der Waals surface area contributed by atoms with Crippen LogP contribution in [0.2, 0.25) is 0 Å². The fourth-order valence-electron chi connectivity index (χ4n) is 4.23. The topological polar surface area (TPSA) is 162 Å². The zero-order chi connectivity index (χ0) is 29.2. The van der Waals surface area contributed by atoms with Crippen LogP contribution in [0.4, 0.5) is 11.4 Å². The molecular formula is C27H26N4O8S. The van der Waals surface area contributed by atoms with Gasteiger partial charge in [0, 0.05) is 11.8 Å². The fourth-order valence-corrected chi connectivity index (χ4v) is 5.55. The molecule has 0 unspecified atom stereocenters. The summed E-state index contributed by atoms with van der Waals surface area (Å²) in [7, 11) is 0. The molecule has 2 aliphatic heterocycles. The van der Waals surface area contributed by atoms with E-state index in [4.69, 9.17) is 4.74 Å². The minimum Gasteiger partial charge on any atom is -0.455 e. The number of benzene rings is 2. The van der Waals surface area contributed by atoms with E-state index < -0.39 is 50.1 Å². The Morgan fingerprint density at radius 2 is 1.80 bits per heavy atom. The van der Waals surface area contributed by atoms with E-state index >= 15 is 0 Å². The summed E-state index contributed by atoms with van der Waals surface area (Å²) in [6.45, 7) is 5.04. The molecule has 2 aromatic carbocycles. The van der Waals surface area contributed by atoms with E-state index in [9.17, 15) is 34.6 Å². The molecule has 0 bridgehead atoms. The highest BCUT2D eigenvalue weighted by atomic mass is 32.2. The number of ether oxygens (including phenoxy) is 1. The summed E-state index contributed by atoms with van der Waals surface area (Å²) >= 11 is 1.32. The molecule has 13 heteroatoms. The van der Waals surface area contributed by atoms with Gasteiger partial charge >= 0.3 is 5.97 Å². The number of nitrogens with zero attached hydrogens (tertiary/aromatic N) is 3. The lowest BCUT2D eigenvalue weighted by Crippen LogP contribution is -2.70. The van der Waals surface area contributed by atoms with Crippen LogP contribution >= 0.6 is 11.8 Å². The number of fused-ring (bicyclic) bond motifs is 1. The number of thioether (sulfide) groups is 1. The number of esters is 1. The Labute approximate surface area is 233 Å². The zero-order valence-electron chi connectivity index (χ0n) is 21.9. The molecule has 2 heterocycles. The molecule has 40 heavy (non-hydrogen) atoms. The zero-order valence-corrected chi connectivity index (χ0v) is 22.7. The lowest BCUT2D eigenvalue weighted by molar-refractivity contribution is -0.394. The van der Waals surface area contributed by atoms with Gasteiger partial charge in [0.1, 0.15) is 22.7 Å². The van der Waals surface area contributed by atoms with Crippen LogP contribution in [0, 0.1) is 20.2 Å². The third-order valence-corrected chi connectivity index (χ3v) is 7.30. The van der Waals surface area contributed by atoms with Crippen molar-refractivity contribution in [1.82, 2.24) is 10.2 Å². The molecule has 1 fully saturated rings. The predicted octanol–water partition coefficient (Wildman–Crippen LogP) is 3.75. The fraction of sp³-hybridized carbons (Fsp3) is 0.296. The van der Waals surface area contributed by atoms with Gasteiger partial charge in [0.2, 0.25) is 5.91 Å². The largest absolute Gasteiger partial charge is 0.455 e. The van der Waals surface area contributed by atoms with Crippen LogP contribution in [0.25, 0.3) is 6.08 Å². The molecule has 208 valence electrons. The molecule has 0 saturated carbocycles. The molecule has 12 nitrogen and oxygen atoms in total. The van der Waals surface area contributed by atoms with Crippen molar-refractivity contribution in [3.8, 4) is 0 Å². The van der Waals surface area contributed by atoms with Crippen molar-refractivity contribution in [2.45, 2.75) is 44.2 Å². The lowest BCUT2D eigenvalue weighted by Gasteiger charge is -2.49. The Morgan fingerprint density at radius 1 is 1.10 bits per heavy atom. The van der Waals surface area contributed by atoms with E-state index in [1.807, 2.05) is 18.2 Å². The Kier molecular flexibility index (Phi) is 8.05. The third kappa shape index (κ3) is 6.20. The number of β-lactam (4-membered cyclic amide) rings is 1. The number of allylic oxidation sites excluding steroid dienone is 1. The first-order valence-electron chi connectivity index (χ1n) is 12.2. The van der Waals surface area contributed by atoms with Crippen LogP contribution in [0.5, 0.6) is 0 Å². The summed E-state index contributed by atoms with van der Waals surface area (Å²) in [5.74, 6) is -1.32. The van der Waals surface area contributed by atoms with Crippen LogP contribution in [0.3, 0.4) is 0 Å². The molecule has 2 atom stereocenters. The van der Waals surface area contributed by atoms with Crippen LogP contribution in [0.1, 0.15) is 31.9 Å². The number of nitrogens with one attached hydrogen (secondary N) is 1. The van der Waals surface area contributed by atoms with Gasteiger partial charge in [0.05, 0.1) is 27.9 Å². The van der Waals surface area contributed by atoms with Gasteiger partial charge < -0.3 is 10.1 Å². The third-order valence-electron chi connectivity index (χ3n) is 6.00. The number of non-ortho nitro benzene ring substituents is 1. The maximum atomic E-state index is 13.2. The first-order chi connectivity index (χ1) is 18.9. The van der Waals surface area contributed by atoms with Crippen LogP contribution in [0.15, 0.2) is 65.9 Å². The van der Waals surface area contributed by atoms with Crippen LogP contribution < -0.4 is 5.32 Å². The molecular weight excluding hydrogens is 540 g/mol. The number of hydrogen-bond acceptors (Lipinski definition) is 9. The molecule has 1 saturated heterocycles. The minimum absolute atomic E-state index is 0.0157. The van der Waals surface area contributed by atoms with Crippen molar-refractivity contribution in [3.05, 3.63) is 97.2 Å². The summed E-state index contributed by atoms with van der Waals surface area (Å²) in [6, 6.07) is 11.5. The van der Waals surface area contributed by atoms with E-state index in [-0.39, 0.29) is 29.3 Å². The first kappa shape index (κ1) is 28.5. The van der Waals surface area contributed by atoms with Gasteiger partial charge in [-0.2, -0.15) is 0 Å². The molecule has 0 radical (unpaired) electrons. The van der Waals surface area contributed by atoms with Crippen molar-refractivity contribution in [1.29, 1.82) is 0 Å². The SMILES string of the molecule is CC(C)(C)OC(=O)C1=C(/C=C\c2ccc([N+](=O)[O-])cc2[N+](=O)[O-])CS[C@@H]2[C@H](NC(=O)Cc3ccccc3)C(=O)N12. The van der Waals surface area contributed by atoms with Gasteiger partial charge in [0.15, 0.2) is 0 Å². The number of nitro groups is 2. The van der Waals surface area contributed by atoms with Crippen LogP contribution in [-0.2, 0) is 25.5 Å². The Balaban J connectivity index is 1.62. The van der Waals surface area contributed by atoms with Gasteiger partial charge in [-0.1, -0.05) is 36.4 Å². The average molecular weight is 567 g/mol. The summed E-state index contributed by atoms with van der Waals surface area (Å²) in [6.07, 6.45) is 2.93. The van der Waals surface area contributed by atoms with Gasteiger partial charge in [0.25, 0.3) is 17.3 Å². The first-order valence-corrected chi connectivity index (χ1v) is 13.3. The smallest absolute Gasteiger partial charge is 0.355 e. The quantitative estimate of drug-likeness (QED) is 0.217. The minimum atomic E-state index is -0.868. The number of amides is 2. The Morgan fingerprint density at radius 3 is 2.42 bits per heavy atom. The van der Waals surface area contributed by atoms with Crippen molar-refractivity contribution in [2.75, 3.05) is 5.75 Å². The van der Waals surface area contributed by atoms with E-state index in [2.05, 4.69) is 5.32 Å². The molecule has 1 N–H and O–H groups in total. The molecule has 2 aromatic rings. The second kappa shape index (κ2) is 11.3. The second-order valence-corrected chi connectivity index (χ2v) is 11.2. The number of carbonyl (C=O) groups is 3. The lowest BCUT2D eigenvalue weighted by atomic mass is 10.0. The molecule has 0 aromatic heterocycles. The van der Waals surface area contributed by atoms with Gasteiger partial charge in [-0.3, -0.25) is 34.7 Å². The molecule has 0 aliphatic carbocycles. The average Bonchev–Trinajstić information content (AvgIpc) is 2.89. The highest BCUT2D eigenvalue weighted by molar-refractivity contribution is 8.00. The summed E-state index contributed by atoms with van der Waals surface area (Å²) in [5, 5.41) is 24.8.